The lowest BCUT2D eigenvalue weighted by molar-refractivity contribution is 0.504. The van der Waals surface area contributed by atoms with Crippen molar-refractivity contribution in [1.82, 2.24) is 5.32 Å². The molecular weight excluding hydrogens is 276 g/mol. The third kappa shape index (κ3) is 3.58. The fraction of sp³-hybridized carbons (Fsp3) is 0.250. The Kier molecular flexibility index (Phi) is 5.15. The molecule has 0 fully saturated rings. The molecule has 1 nitrogen and oxygen atoms in total. The summed E-state index contributed by atoms with van der Waals surface area (Å²) in [7, 11) is 1.87. The number of nitrogens with one attached hydrogen (secondary N) is 1. The van der Waals surface area contributed by atoms with E-state index in [-0.39, 0.29) is 6.04 Å². The van der Waals surface area contributed by atoms with Crippen LogP contribution in [0.4, 0.5) is 8.78 Å². The summed E-state index contributed by atoms with van der Waals surface area (Å²) in [6.07, 6.45) is 2.65. The standard InChI is InChI=1S/C16H17F2NS/c1-19-16(12-4-6-13(20-2)7-5-12)10-11-3-8-14(17)15(18)9-11/h3-9,16,19H,10H2,1-2H3. The molecule has 0 aliphatic rings. The van der Waals surface area contributed by atoms with E-state index in [1.807, 2.05) is 13.3 Å². The monoisotopic (exact) mass is 293 g/mol. The molecule has 106 valence electrons. The highest BCUT2D eigenvalue weighted by molar-refractivity contribution is 7.98. The predicted molar refractivity (Wildman–Crippen MR) is 80.1 cm³/mol. The largest absolute Gasteiger partial charge is 0.313 e. The third-order valence-corrected chi connectivity index (χ3v) is 4.03. The molecule has 4 heteroatoms. The van der Waals surface area contributed by atoms with E-state index in [9.17, 15) is 8.78 Å². The van der Waals surface area contributed by atoms with Crippen LogP contribution in [0.2, 0.25) is 0 Å². The molecule has 1 N–H and O–H groups in total. The molecule has 2 rings (SSSR count). The van der Waals surface area contributed by atoms with Gasteiger partial charge in [0.1, 0.15) is 0 Å². The average molecular weight is 293 g/mol. The lowest BCUT2D eigenvalue weighted by Crippen LogP contribution is -2.18. The first-order valence-corrected chi connectivity index (χ1v) is 7.61. The summed E-state index contributed by atoms with van der Waals surface area (Å²) in [5, 5.41) is 3.22. The maximum absolute atomic E-state index is 13.2. The van der Waals surface area contributed by atoms with Crippen molar-refractivity contribution in [3.8, 4) is 0 Å². The highest BCUT2D eigenvalue weighted by Gasteiger charge is 2.11. The molecular formula is C16H17F2NS. The van der Waals surface area contributed by atoms with Crippen LogP contribution in [0.5, 0.6) is 0 Å². The Hall–Kier alpha value is -1.39. The first kappa shape index (κ1) is 15.0. The van der Waals surface area contributed by atoms with Crippen LogP contribution in [0.3, 0.4) is 0 Å². The highest BCUT2D eigenvalue weighted by atomic mass is 32.2. The van der Waals surface area contributed by atoms with Gasteiger partial charge in [-0.15, -0.1) is 11.8 Å². The second-order valence-corrected chi connectivity index (χ2v) is 5.45. The molecule has 0 aliphatic heterocycles. The molecule has 0 amide bonds. The Morgan fingerprint density at radius 2 is 1.75 bits per heavy atom. The Balaban J connectivity index is 2.16. The van der Waals surface area contributed by atoms with E-state index in [0.29, 0.717) is 6.42 Å². The van der Waals surface area contributed by atoms with Gasteiger partial charge in [-0.25, -0.2) is 8.78 Å². The van der Waals surface area contributed by atoms with Gasteiger partial charge in [-0.1, -0.05) is 18.2 Å². The smallest absolute Gasteiger partial charge is 0.159 e. The molecule has 1 unspecified atom stereocenters. The van der Waals surface area contributed by atoms with E-state index in [2.05, 4.69) is 29.6 Å². The maximum Gasteiger partial charge on any atom is 0.159 e. The molecule has 0 heterocycles. The number of halogens is 2. The highest BCUT2D eigenvalue weighted by Crippen LogP contribution is 2.22. The van der Waals surface area contributed by atoms with Crippen LogP contribution >= 0.6 is 11.8 Å². The van der Waals surface area contributed by atoms with Crippen molar-refractivity contribution in [3.05, 3.63) is 65.2 Å². The number of hydrogen-bond acceptors (Lipinski definition) is 2. The molecule has 20 heavy (non-hydrogen) atoms. The number of rotatable bonds is 5. The van der Waals surface area contributed by atoms with Crippen LogP contribution in [-0.2, 0) is 6.42 Å². The summed E-state index contributed by atoms with van der Waals surface area (Å²) in [5.41, 5.74) is 1.91. The van der Waals surface area contributed by atoms with Crippen LogP contribution in [-0.4, -0.2) is 13.3 Å². The number of hydrogen-bond donors (Lipinski definition) is 1. The summed E-state index contributed by atoms with van der Waals surface area (Å²) in [5.74, 6) is -1.60. The average Bonchev–Trinajstić information content (AvgIpc) is 2.48. The molecule has 0 aliphatic carbocycles. The van der Waals surface area contributed by atoms with Crippen LogP contribution in [0.15, 0.2) is 47.4 Å². The van der Waals surface area contributed by atoms with E-state index in [4.69, 9.17) is 0 Å². The van der Waals surface area contributed by atoms with Crippen molar-refractivity contribution in [3.63, 3.8) is 0 Å². The van der Waals surface area contributed by atoms with Gasteiger partial charge in [0.15, 0.2) is 11.6 Å². The van der Waals surface area contributed by atoms with Gasteiger partial charge in [0.25, 0.3) is 0 Å². The van der Waals surface area contributed by atoms with Crippen molar-refractivity contribution < 1.29 is 8.78 Å². The molecule has 1 atom stereocenters. The predicted octanol–water partition coefficient (Wildman–Crippen LogP) is 4.19. The van der Waals surface area contributed by atoms with E-state index >= 15 is 0 Å². The Labute approximate surface area is 122 Å². The topological polar surface area (TPSA) is 12.0 Å². The van der Waals surface area contributed by atoms with Gasteiger partial charge in [-0.3, -0.25) is 0 Å². The zero-order valence-electron chi connectivity index (χ0n) is 11.5. The van der Waals surface area contributed by atoms with Crippen molar-refractivity contribution in [2.24, 2.45) is 0 Å². The quantitative estimate of drug-likeness (QED) is 0.830. The summed E-state index contributed by atoms with van der Waals surface area (Å²) in [6, 6.07) is 12.4. The summed E-state index contributed by atoms with van der Waals surface area (Å²) in [6.45, 7) is 0. The Morgan fingerprint density at radius 3 is 2.30 bits per heavy atom. The second-order valence-electron chi connectivity index (χ2n) is 4.57. The van der Waals surface area contributed by atoms with E-state index in [1.165, 1.54) is 17.0 Å². The zero-order chi connectivity index (χ0) is 14.5. The van der Waals surface area contributed by atoms with Crippen LogP contribution in [0.1, 0.15) is 17.2 Å². The molecule has 2 aromatic rings. The van der Waals surface area contributed by atoms with Gasteiger partial charge in [-0.2, -0.15) is 0 Å². The number of benzene rings is 2. The molecule has 0 aromatic heterocycles. The lowest BCUT2D eigenvalue weighted by atomic mass is 9.99. The second kappa shape index (κ2) is 6.86. The summed E-state index contributed by atoms with van der Waals surface area (Å²) < 4.78 is 26.2. The van der Waals surface area contributed by atoms with Crippen molar-refractivity contribution in [2.75, 3.05) is 13.3 Å². The molecule has 0 bridgehead atoms. The Bertz CT molecular complexity index is 569. The van der Waals surface area contributed by atoms with Crippen molar-refractivity contribution >= 4 is 11.8 Å². The fourth-order valence-electron chi connectivity index (χ4n) is 2.13. The summed E-state index contributed by atoms with van der Waals surface area (Å²) in [4.78, 5) is 1.21. The van der Waals surface area contributed by atoms with Gasteiger partial charge >= 0.3 is 0 Å². The SMILES string of the molecule is CNC(Cc1ccc(F)c(F)c1)c1ccc(SC)cc1. The van der Waals surface area contributed by atoms with E-state index in [0.717, 1.165) is 11.1 Å². The minimum Gasteiger partial charge on any atom is -0.313 e. The first-order valence-electron chi connectivity index (χ1n) is 6.39. The normalized spacial score (nSPS) is 12.4. The zero-order valence-corrected chi connectivity index (χ0v) is 12.3. The Morgan fingerprint density at radius 1 is 1.05 bits per heavy atom. The van der Waals surface area contributed by atoms with Gasteiger partial charge in [0.05, 0.1) is 0 Å². The summed E-state index contributed by atoms with van der Waals surface area (Å²) >= 11 is 1.69. The van der Waals surface area contributed by atoms with Gasteiger partial charge in [0.2, 0.25) is 0 Å². The maximum atomic E-state index is 13.2. The molecule has 0 saturated carbocycles. The fourth-order valence-corrected chi connectivity index (χ4v) is 2.53. The van der Waals surface area contributed by atoms with Crippen LogP contribution in [0, 0.1) is 11.6 Å². The lowest BCUT2D eigenvalue weighted by Gasteiger charge is -2.17. The van der Waals surface area contributed by atoms with Crippen molar-refractivity contribution in [1.29, 1.82) is 0 Å². The van der Waals surface area contributed by atoms with E-state index in [1.54, 1.807) is 17.8 Å². The minimum atomic E-state index is -0.806. The van der Waals surface area contributed by atoms with Gasteiger partial charge in [-0.05, 0) is 55.1 Å². The molecule has 0 radical (unpaired) electrons. The van der Waals surface area contributed by atoms with Crippen LogP contribution < -0.4 is 5.32 Å². The number of likely N-dealkylation sites (N-methyl/N-ethyl adjacent to an activating group) is 1. The van der Waals surface area contributed by atoms with E-state index < -0.39 is 11.6 Å². The first-order chi connectivity index (χ1) is 9.63. The minimum absolute atomic E-state index is 0.0794. The van der Waals surface area contributed by atoms with Crippen LogP contribution in [0.25, 0.3) is 0 Å². The van der Waals surface area contributed by atoms with Gasteiger partial charge < -0.3 is 5.32 Å². The molecule has 0 spiro atoms. The number of thioether (sulfide) groups is 1. The third-order valence-electron chi connectivity index (χ3n) is 3.29. The molecule has 0 saturated heterocycles. The van der Waals surface area contributed by atoms with Gasteiger partial charge in [0, 0.05) is 10.9 Å². The molecule has 2 aromatic carbocycles. The van der Waals surface area contributed by atoms with Crippen molar-refractivity contribution in [2.45, 2.75) is 17.4 Å².